The zero-order valence-corrected chi connectivity index (χ0v) is 11.5. The van der Waals surface area contributed by atoms with Crippen molar-refractivity contribution in [3.63, 3.8) is 0 Å². The van der Waals surface area contributed by atoms with Crippen molar-refractivity contribution in [1.29, 1.82) is 0 Å². The van der Waals surface area contributed by atoms with Gasteiger partial charge in [0, 0.05) is 4.88 Å². The van der Waals surface area contributed by atoms with Gasteiger partial charge in [-0.25, -0.2) is 4.99 Å². The van der Waals surface area contributed by atoms with E-state index in [0.29, 0.717) is 6.54 Å². The standard InChI is InChI=1S/C13H12F3N3OS/c14-13(15,16)20-11-6-2-1-5-10(11)19-12(17)18-8-9-4-3-7-21-9/h1-7H,8H2,(H3,17,18,19). The second kappa shape index (κ2) is 6.49. The predicted molar refractivity (Wildman–Crippen MR) is 76.4 cm³/mol. The molecule has 8 heteroatoms. The number of nitrogens with zero attached hydrogens (tertiary/aromatic N) is 1. The smallest absolute Gasteiger partial charge is 0.404 e. The highest BCUT2D eigenvalue weighted by Gasteiger charge is 2.32. The monoisotopic (exact) mass is 315 g/mol. The van der Waals surface area contributed by atoms with Gasteiger partial charge in [0.05, 0.1) is 12.2 Å². The average molecular weight is 315 g/mol. The topological polar surface area (TPSA) is 59.6 Å². The number of halogens is 3. The van der Waals surface area contributed by atoms with E-state index >= 15 is 0 Å². The Morgan fingerprint density at radius 3 is 2.67 bits per heavy atom. The van der Waals surface area contributed by atoms with E-state index < -0.39 is 6.36 Å². The third-order valence-corrected chi connectivity index (χ3v) is 3.22. The molecule has 21 heavy (non-hydrogen) atoms. The first-order valence-electron chi connectivity index (χ1n) is 5.88. The zero-order chi connectivity index (χ0) is 15.3. The number of hydrogen-bond acceptors (Lipinski definition) is 3. The lowest BCUT2D eigenvalue weighted by molar-refractivity contribution is -0.274. The Morgan fingerprint density at radius 2 is 2.00 bits per heavy atom. The molecule has 112 valence electrons. The molecular weight excluding hydrogens is 303 g/mol. The second-order valence-corrected chi connectivity index (χ2v) is 4.98. The van der Waals surface area contributed by atoms with Gasteiger partial charge >= 0.3 is 6.36 Å². The number of thiophene rings is 1. The van der Waals surface area contributed by atoms with Crippen molar-refractivity contribution < 1.29 is 17.9 Å². The van der Waals surface area contributed by atoms with Gasteiger partial charge in [0.25, 0.3) is 0 Å². The van der Waals surface area contributed by atoms with E-state index in [2.05, 4.69) is 15.0 Å². The molecule has 1 aromatic carbocycles. The maximum atomic E-state index is 12.3. The minimum absolute atomic E-state index is 0.0154. The molecule has 0 radical (unpaired) electrons. The molecule has 0 aliphatic heterocycles. The molecule has 0 saturated heterocycles. The first-order chi connectivity index (χ1) is 9.94. The predicted octanol–water partition coefficient (Wildman–Crippen LogP) is 3.57. The molecule has 0 fully saturated rings. The van der Waals surface area contributed by atoms with Crippen molar-refractivity contribution in [2.45, 2.75) is 12.9 Å². The summed E-state index contributed by atoms with van der Waals surface area (Å²) in [5, 5.41) is 4.51. The van der Waals surface area contributed by atoms with Crippen LogP contribution in [0, 0.1) is 0 Å². The van der Waals surface area contributed by atoms with Crippen LogP contribution in [0.5, 0.6) is 5.75 Å². The molecule has 4 nitrogen and oxygen atoms in total. The Labute approximate surface area is 123 Å². The van der Waals surface area contributed by atoms with Gasteiger partial charge in [-0.05, 0) is 23.6 Å². The first kappa shape index (κ1) is 15.2. The Balaban J connectivity index is 2.06. The Kier molecular flexibility index (Phi) is 4.69. The number of rotatable bonds is 4. The van der Waals surface area contributed by atoms with E-state index in [1.165, 1.54) is 29.5 Å². The molecular formula is C13H12F3N3OS. The van der Waals surface area contributed by atoms with E-state index in [1.54, 1.807) is 6.07 Å². The summed E-state index contributed by atoms with van der Waals surface area (Å²) in [4.78, 5) is 5.06. The van der Waals surface area contributed by atoms with E-state index in [1.807, 2.05) is 17.5 Å². The summed E-state index contributed by atoms with van der Waals surface area (Å²) in [7, 11) is 0. The van der Waals surface area contributed by atoms with Crippen molar-refractivity contribution in [3.05, 3.63) is 46.7 Å². The van der Waals surface area contributed by atoms with Crippen LogP contribution in [0.2, 0.25) is 0 Å². The van der Waals surface area contributed by atoms with Gasteiger partial charge < -0.3 is 15.8 Å². The highest BCUT2D eigenvalue weighted by Crippen LogP contribution is 2.29. The van der Waals surface area contributed by atoms with Crippen molar-refractivity contribution in [3.8, 4) is 5.75 Å². The molecule has 0 atom stereocenters. The lowest BCUT2D eigenvalue weighted by Crippen LogP contribution is -2.24. The van der Waals surface area contributed by atoms with Crippen LogP contribution in [0.15, 0.2) is 46.8 Å². The molecule has 1 aromatic heterocycles. The van der Waals surface area contributed by atoms with Crippen molar-refractivity contribution in [2.75, 3.05) is 5.32 Å². The summed E-state index contributed by atoms with van der Waals surface area (Å²) >= 11 is 1.52. The summed E-state index contributed by atoms with van der Waals surface area (Å²) in [5.74, 6) is -0.346. The van der Waals surface area contributed by atoms with Gasteiger partial charge in [-0.2, -0.15) is 0 Å². The van der Waals surface area contributed by atoms with E-state index in [0.717, 1.165) is 4.88 Å². The number of ether oxygens (including phenoxy) is 1. The summed E-state index contributed by atoms with van der Waals surface area (Å²) in [6.07, 6.45) is -4.76. The van der Waals surface area contributed by atoms with Crippen LogP contribution < -0.4 is 15.8 Å². The van der Waals surface area contributed by atoms with Crippen LogP contribution in [0.1, 0.15) is 4.88 Å². The maximum Gasteiger partial charge on any atom is 0.573 e. The molecule has 0 saturated carbocycles. The van der Waals surface area contributed by atoms with Crippen molar-refractivity contribution in [2.24, 2.45) is 10.7 Å². The Bertz CT molecular complexity index is 611. The van der Waals surface area contributed by atoms with Crippen LogP contribution in [0.4, 0.5) is 18.9 Å². The third-order valence-electron chi connectivity index (χ3n) is 2.36. The normalized spacial score (nSPS) is 12.2. The fourth-order valence-electron chi connectivity index (χ4n) is 1.53. The molecule has 2 aromatic rings. The van der Waals surface area contributed by atoms with Crippen LogP contribution >= 0.6 is 11.3 Å². The summed E-state index contributed by atoms with van der Waals surface area (Å²) in [6.45, 7) is 0.360. The number of guanidine groups is 1. The first-order valence-corrected chi connectivity index (χ1v) is 6.76. The summed E-state index contributed by atoms with van der Waals surface area (Å²) in [5.41, 5.74) is 5.76. The quantitative estimate of drug-likeness (QED) is 0.670. The molecule has 0 unspecified atom stereocenters. The van der Waals surface area contributed by atoms with E-state index in [4.69, 9.17) is 5.73 Å². The number of anilines is 1. The highest BCUT2D eigenvalue weighted by atomic mass is 32.1. The van der Waals surface area contributed by atoms with Crippen molar-refractivity contribution >= 4 is 23.0 Å². The Morgan fingerprint density at radius 1 is 1.24 bits per heavy atom. The van der Waals surface area contributed by atoms with Gasteiger partial charge in [0.1, 0.15) is 0 Å². The fraction of sp³-hybridized carbons (Fsp3) is 0.154. The number of nitrogens with two attached hydrogens (primary N) is 1. The molecule has 0 bridgehead atoms. The number of alkyl halides is 3. The molecule has 0 spiro atoms. The lowest BCUT2D eigenvalue weighted by Gasteiger charge is -2.14. The van der Waals surface area contributed by atoms with Gasteiger partial charge in [0.2, 0.25) is 0 Å². The van der Waals surface area contributed by atoms with Gasteiger partial charge in [-0.1, -0.05) is 18.2 Å². The van der Waals surface area contributed by atoms with E-state index in [-0.39, 0.29) is 17.4 Å². The maximum absolute atomic E-state index is 12.3. The molecule has 1 heterocycles. The molecule has 0 aliphatic carbocycles. The SMILES string of the molecule is NC(=NCc1cccs1)Nc1ccccc1OC(F)(F)F. The minimum atomic E-state index is -4.76. The van der Waals surface area contributed by atoms with Gasteiger partial charge in [0.15, 0.2) is 11.7 Å². The number of benzene rings is 1. The average Bonchev–Trinajstić information content (AvgIpc) is 2.90. The van der Waals surface area contributed by atoms with Crippen LogP contribution in [-0.4, -0.2) is 12.3 Å². The highest BCUT2D eigenvalue weighted by molar-refractivity contribution is 7.09. The summed E-state index contributed by atoms with van der Waals surface area (Å²) in [6, 6.07) is 9.40. The minimum Gasteiger partial charge on any atom is -0.404 e. The fourth-order valence-corrected chi connectivity index (χ4v) is 2.15. The summed E-state index contributed by atoms with van der Waals surface area (Å²) < 4.78 is 40.8. The lowest BCUT2D eigenvalue weighted by atomic mass is 10.3. The van der Waals surface area contributed by atoms with Crippen LogP contribution in [-0.2, 0) is 6.54 Å². The number of hydrogen-bond donors (Lipinski definition) is 2. The van der Waals surface area contributed by atoms with Gasteiger partial charge in [-0.3, -0.25) is 0 Å². The molecule has 2 rings (SSSR count). The van der Waals surface area contributed by atoms with Crippen LogP contribution in [0.25, 0.3) is 0 Å². The second-order valence-electron chi connectivity index (χ2n) is 3.95. The number of aliphatic imine (C=N–C) groups is 1. The third kappa shape index (κ3) is 4.99. The molecule has 3 N–H and O–H groups in total. The van der Waals surface area contributed by atoms with Crippen molar-refractivity contribution in [1.82, 2.24) is 0 Å². The van der Waals surface area contributed by atoms with Crippen LogP contribution in [0.3, 0.4) is 0 Å². The van der Waals surface area contributed by atoms with E-state index in [9.17, 15) is 13.2 Å². The molecule has 0 amide bonds. The zero-order valence-electron chi connectivity index (χ0n) is 10.7. The van der Waals surface area contributed by atoms with Gasteiger partial charge in [-0.15, -0.1) is 24.5 Å². The number of para-hydroxylation sites is 2. The molecule has 0 aliphatic rings. The number of nitrogens with one attached hydrogen (secondary N) is 1. The Hall–Kier alpha value is -2.22. The largest absolute Gasteiger partial charge is 0.573 e.